The molecule has 0 aliphatic rings. The van der Waals surface area contributed by atoms with Gasteiger partial charge in [-0.3, -0.25) is 9.36 Å². The van der Waals surface area contributed by atoms with Gasteiger partial charge in [-0.15, -0.1) is 16.8 Å². The van der Waals surface area contributed by atoms with Crippen LogP contribution in [0.15, 0.2) is 66.3 Å². The van der Waals surface area contributed by atoms with Crippen molar-refractivity contribution in [1.82, 2.24) is 14.8 Å². The van der Waals surface area contributed by atoms with Crippen LogP contribution in [0, 0.1) is 0 Å². The molecule has 0 aliphatic heterocycles. The largest absolute Gasteiger partial charge is 0.484 e. The van der Waals surface area contributed by atoms with Crippen LogP contribution in [0.5, 0.6) is 5.75 Å². The summed E-state index contributed by atoms with van der Waals surface area (Å²) in [6, 6.07) is 15.0. The van der Waals surface area contributed by atoms with Crippen LogP contribution < -0.4 is 10.5 Å². The van der Waals surface area contributed by atoms with Gasteiger partial charge < -0.3 is 10.5 Å². The Labute approximate surface area is 172 Å². The summed E-state index contributed by atoms with van der Waals surface area (Å²) in [6.45, 7) is 4.28. The van der Waals surface area contributed by atoms with Gasteiger partial charge >= 0.3 is 0 Å². The van der Waals surface area contributed by atoms with Gasteiger partial charge in [0.1, 0.15) is 5.75 Å². The van der Waals surface area contributed by atoms with E-state index in [-0.39, 0.29) is 6.61 Å². The van der Waals surface area contributed by atoms with Gasteiger partial charge in [0, 0.05) is 22.9 Å². The fourth-order valence-electron chi connectivity index (χ4n) is 2.53. The summed E-state index contributed by atoms with van der Waals surface area (Å²) < 4.78 is 7.36. The summed E-state index contributed by atoms with van der Waals surface area (Å²) in [6.07, 6.45) is 1.81. The topological polar surface area (TPSA) is 83.0 Å². The number of thioether (sulfide) groups is 1. The van der Waals surface area contributed by atoms with E-state index in [1.54, 1.807) is 17.8 Å². The molecule has 0 saturated carbocycles. The molecule has 3 aromatic rings. The van der Waals surface area contributed by atoms with Crippen LogP contribution in [0.3, 0.4) is 0 Å². The Morgan fingerprint density at radius 3 is 2.75 bits per heavy atom. The van der Waals surface area contributed by atoms with Crippen LogP contribution >= 0.6 is 23.4 Å². The molecule has 144 valence electrons. The molecule has 0 spiro atoms. The van der Waals surface area contributed by atoms with Crippen LogP contribution in [-0.2, 0) is 17.1 Å². The molecule has 2 aromatic carbocycles. The third kappa shape index (κ3) is 5.15. The first kappa shape index (κ1) is 20.0. The van der Waals surface area contributed by atoms with Crippen molar-refractivity contribution in [2.75, 3.05) is 6.61 Å². The summed E-state index contributed by atoms with van der Waals surface area (Å²) in [4.78, 5) is 10.9. The van der Waals surface area contributed by atoms with Gasteiger partial charge in [0.15, 0.2) is 17.6 Å². The van der Waals surface area contributed by atoms with Crippen molar-refractivity contribution in [3.05, 3.63) is 71.8 Å². The van der Waals surface area contributed by atoms with Gasteiger partial charge in [-0.05, 0) is 42.0 Å². The van der Waals surface area contributed by atoms with E-state index in [1.165, 1.54) is 0 Å². The molecule has 1 aromatic heterocycles. The number of halogens is 1. The lowest BCUT2D eigenvalue weighted by Crippen LogP contribution is -2.20. The Balaban J connectivity index is 1.76. The zero-order valence-corrected chi connectivity index (χ0v) is 16.6. The molecule has 0 radical (unpaired) electrons. The van der Waals surface area contributed by atoms with E-state index in [0.717, 1.165) is 22.1 Å². The van der Waals surface area contributed by atoms with E-state index in [1.807, 2.05) is 53.1 Å². The fourth-order valence-corrected chi connectivity index (χ4v) is 3.55. The maximum atomic E-state index is 10.9. The molecule has 1 heterocycles. The number of hydrogen-bond acceptors (Lipinski definition) is 5. The SMILES string of the molecule is C=CCn1c(SCc2cccc(OCC(N)=O)c2)nnc1-c1ccc(Cl)cc1. The molecule has 0 saturated heterocycles. The molecule has 0 atom stereocenters. The van der Waals surface area contributed by atoms with Crippen LogP contribution in [0.1, 0.15) is 5.56 Å². The number of hydrogen-bond donors (Lipinski definition) is 1. The molecule has 0 unspecified atom stereocenters. The lowest BCUT2D eigenvalue weighted by atomic mass is 10.2. The first-order valence-electron chi connectivity index (χ1n) is 8.49. The van der Waals surface area contributed by atoms with E-state index in [4.69, 9.17) is 22.1 Å². The average molecular weight is 415 g/mol. The second-order valence-corrected chi connectivity index (χ2v) is 7.28. The normalized spacial score (nSPS) is 10.6. The van der Waals surface area contributed by atoms with Crippen molar-refractivity contribution in [3.8, 4) is 17.1 Å². The predicted octanol–water partition coefficient (Wildman–Crippen LogP) is 3.94. The number of allylic oxidation sites excluding steroid dienone is 1. The highest BCUT2D eigenvalue weighted by molar-refractivity contribution is 7.98. The number of benzene rings is 2. The van der Waals surface area contributed by atoms with Crippen LogP contribution in [0.4, 0.5) is 0 Å². The molecule has 3 rings (SSSR count). The van der Waals surface area contributed by atoms with Gasteiger partial charge in [-0.25, -0.2) is 0 Å². The van der Waals surface area contributed by atoms with E-state index >= 15 is 0 Å². The highest BCUT2D eigenvalue weighted by Gasteiger charge is 2.14. The average Bonchev–Trinajstić information content (AvgIpc) is 3.09. The third-order valence-corrected chi connectivity index (χ3v) is 5.07. The molecule has 0 fully saturated rings. The molecule has 0 bridgehead atoms. The van der Waals surface area contributed by atoms with Gasteiger partial charge in [-0.1, -0.05) is 41.6 Å². The maximum Gasteiger partial charge on any atom is 0.255 e. The minimum absolute atomic E-state index is 0.144. The highest BCUT2D eigenvalue weighted by Crippen LogP contribution is 2.28. The zero-order chi connectivity index (χ0) is 19.9. The minimum Gasteiger partial charge on any atom is -0.484 e. The van der Waals surface area contributed by atoms with Crippen LogP contribution in [0.2, 0.25) is 5.02 Å². The Morgan fingerprint density at radius 2 is 2.04 bits per heavy atom. The number of nitrogens with zero attached hydrogens (tertiary/aromatic N) is 3. The van der Waals surface area contributed by atoms with Crippen molar-refractivity contribution in [3.63, 3.8) is 0 Å². The number of aromatic nitrogens is 3. The number of carbonyl (C=O) groups is 1. The van der Waals surface area contributed by atoms with E-state index in [9.17, 15) is 4.79 Å². The molecule has 0 aliphatic carbocycles. The van der Waals surface area contributed by atoms with Crippen molar-refractivity contribution >= 4 is 29.3 Å². The molecule has 8 heteroatoms. The van der Waals surface area contributed by atoms with Gasteiger partial charge in [0.05, 0.1) is 0 Å². The van der Waals surface area contributed by atoms with Crippen molar-refractivity contribution in [2.45, 2.75) is 17.5 Å². The number of ether oxygens (including phenoxy) is 1. The number of primary amides is 1. The smallest absolute Gasteiger partial charge is 0.255 e. The summed E-state index contributed by atoms with van der Waals surface area (Å²) >= 11 is 7.54. The van der Waals surface area contributed by atoms with Crippen LogP contribution in [0.25, 0.3) is 11.4 Å². The molecule has 28 heavy (non-hydrogen) atoms. The minimum atomic E-state index is -0.507. The lowest BCUT2D eigenvalue weighted by molar-refractivity contribution is -0.119. The standard InChI is InChI=1S/C20H19ClN4O2S/c1-2-10-25-19(15-6-8-16(21)9-7-15)23-24-20(25)28-13-14-4-3-5-17(11-14)27-12-18(22)26/h2-9,11H,1,10,12-13H2,(H2,22,26). The number of carbonyl (C=O) groups excluding carboxylic acids is 1. The number of amides is 1. The Hall–Kier alpha value is -2.77. The first-order chi connectivity index (χ1) is 13.6. The first-order valence-corrected chi connectivity index (χ1v) is 9.86. The molecule has 6 nitrogen and oxygen atoms in total. The van der Waals surface area contributed by atoms with Gasteiger partial charge in [0.2, 0.25) is 0 Å². The molecular weight excluding hydrogens is 396 g/mol. The van der Waals surface area contributed by atoms with Crippen molar-refractivity contribution < 1.29 is 9.53 Å². The fraction of sp³-hybridized carbons (Fsp3) is 0.150. The summed E-state index contributed by atoms with van der Waals surface area (Å²) in [7, 11) is 0. The Bertz CT molecular complexity index is 973. The zero-order valence-electron chi connectivity index (χ0n) is 15.0. The van der Waals surface area contributed by atoms with Crippen LogP contribution in [-0.4, -0.2) is 27.3 Å². The molecular formula is C20H19ClN4O2S. The third-order valence-electron chi connectivity index (χ3n) is 3.78. The Morgan fingerprint density at radius 1 is 1.25 bits per heavy atom. The van der Waals surface area contributed by atoms with E-state index < -0.39 is 5.91 Å². The predicted molar refractivity (Wildman–Crippen MR) is 111 cm³/mol. The van der Waals surface area contributed by atoms with Gasteiger partial charge in [0.25, 0.3) is 5.91 Å². The van der Waals surface area contributed by atoms with E-state index in [2.05, 4.69) is 16.8 Å². The molecule has 1 amide bonds. The van der Waals surface area contributed by atoms with Gasteiger partial charge in [-0.2, -0.15) is 0 Å². The highest BCUT2D eigenvalue weighted by atomic mass is 35.5. The lowest BCUT2D eigenvalue weighted by Gasteiger charge is -2.09. The van der Waals surface area contributed by atoms with Crippen molar-refractivity contribution in [2.24, 2.45) is 5.73 Å². The maximum absolute atomic E-state index is 10.9. The second-order valence-electron chi connectivity index (χ2n) is 5.90. The monoisotopic (exact) mass is 414 g/mol. The second kappa shape index (κ2) is 9.43. The summed E-state index contributed by atoms with van der Waals surface area (Å²) in [5, 5.41) is 10.1. The number of nitrogens with two attached hydrogens (primary N) is 1. The quantitative estimate of drug-likeness (QED) is 0.423. The molecule has 2 N–H and O–H groups in total. The number of rotatable bonds is 9. The summed E-state index contributed by atoms with van der Waals surface area (Å²) in [5.41, 5.74) is 7.09. The Kier molecular flexibility index (Phi) is 6.73. The van der Waals surface area contributed by atoms with E-state index in [0.29, 0.717) is 23.1 Å². The summed E-state index contributed by atoms with van der Waals surface area (Å²) in [5.74, 6) is 1.53. The van der Waals surface area contributed by atoms with Crippen molar-refractivity contribution in [1.29, 1.82) is 0 Å².